The molecular weight excluding hydrogens is 130 g/mol. The molecule has 1 aromatic heterocycles. The lowest BCUT2D eigenvalue weighted by atomic mass is 10.4. The van der Waals surface area contributed by atoms with E-state index in [9.17, 15) is 4.79 Å². The normalized spacial score (nSPS) is 8.80. The highest BCUT2D eigenvalue weighted by Gasteiger charge is 2.00. The maximum absolute atomic E-state index is 10.1. The number of carbonyl (C=O) groups excluding carboxylic acids is 1. The average Bonchev–Trinajstić information content (AvgIpc) is 2.30. The Labute approximate surface area is 57.7 Å². The number of aromatic nitrogens is 2. The highest BCUT2D eigenvalue weighted by molar-refractivity contribution is 5.72. The quantitative estimate of drug-likeness (QED) is 0.513. The minimum Gasteiger partial charge on any atom is -0.296 e. The largest absolute Gasteiger partial charge is 0.296 e. The molecule has 0 amide bonds. The third-order valence-corrected chi connectivity index (χ3v) is 1.13. The van der Waals surface area contributed by atoms with Gasteiger partial charge in [0.1, 0.15) is 17.5 Å². The van der Waals surface area contributed by atoms with E-state index in [1.54, 1.807) is 7.05 Å². The lowest BCUT2D eigenvalue weighted by molar-refractivity contribution is 0.111. The fourth-order valence-electron chi connectivity index (χ4n) is 0.652. The van der Waals surface area contributed by atoms with Crippen molar-refractivity contribution in [2.45, 2.75) is 0 Å². The Kier molecular flexibility index (Phi) is 1.50. The summed E-state index contributed by atoms with van der Waals surface area (Å²) in [5.74, 6) is 0. The summed E-state index contributed by atoms with van der Waals surface area (Å²) in [5.41, 5.74) is 0.682. The van der Waals surface area contributed by atoms with Crippen LogP contribution in [0.15, 0.2) is 6.07 Å². The maximum atomic E-state index is 10.1. The second-order valence-electron chi connectivity index (χ2n) is 1.81. The van der Waals surface area contributed by atoms with Crippen LogP contribution in [0.1, 0.15) is 16.2 Å². The molecule has 0 aliphatic rings. The molecule has 0 atom stereocenters. The van der Waals surface area contributed by atoms with Crippen LogP contribution >= 0.6 is 0 Å². The Morgan fingerprint density at radius 3 is 2.90 bits per heavy atom. The van der Waals surface area contributed by atoms with Crippen LogP contribution in [-0.2, 0) is 7.05 Å². The van der Waals surface area contributed by atoms with Crippen LogP contribution in [0.2, 0.25) is 0 Å². The fraction of sp³-hybridized carbons (Fsp3) is 0.167. The molecule has 0 saturated carbocycles. The molecule has 0 radical (unpaired) electrons. The van der Waals surface area contributed by atoms with E-state index in [2.05, 4.69) is 5.10 Å². The molecule has 0 aromatic carbocycles. The van der Waals surface area contributed by atoms with Gasteiger partial charge in [0, 0.05) is 13.1 Å². The molecule has 0 aliphatic heterocycles. The predicted octanol–water partition coefficient (Wildman–Crippen LogP) is 0.104. The van der Waals surface area contributed by atoms with Crippen LogP contribution in [0.25, 0.3) is 0 Å². The van der Waals surface area contributed by atoms with Crippen molar-refractivity contribution >= 4 is 6.29 Å². The number of hydrogen-bond acceptors (Lipinski definition) is 3. The summed E-state index contributed by atoms with van der Waals surface area (Å²) < 4.78 is 1.36. The first kappa shape index (κ1) is 6.49. The fourth-order valence-corrected chi connectivity index (χ4v) is 0.652. The summed E-state index contributed by atoms with van der Waals surface area (Å²) >= 11 is 0. The van der Waals surface area contributed by atoms with Crippen LogP contribution < -0.4 is 0 Å². The molecule has 0 fully saturated rings. The van der Waals surface area contributed by atoms with Crippen LogP contribution in [0, 0.1) is 11.3 Å². The highest BCUT2D eigenvalue weighted by Crippen LogP contribution is 1.97. The van der Waals surface area contributed by atoms with Crippen molar-refractivity contribution in [1.82, 2.24) is 9.78 Å². The van der Waals surface area contributed by atoms with Gasteiger partial charge in [-0.2, -0.15) is 10.4 Å². The van der Waals surface area contributed by atoms with E-state index in [0.29, 0.717) is 17.7 Å². The van der Waals surface area contributed by atoms with Gasteiger partial charge in [0.15, 0.2) is 6.29 Å². The van der Waals surface area contributed by atoms with Crippen molar-refractivity contribution in [3.63, 3.8) is 0 Å². The number of carbonyl (C=O) groups is 1. The van der Waals surface area contributed by atoms with Gasteiger partial charge in [-0.15, -0.1) is 0 Å². The van der Waals surface area contributed by atoms with Gasteiger partial charge in [0.2, 0.25) is 0 Å². The Bertz CT molecular complexity index is 294. The summed E-state index contributed by atoms with van der Waals surface area (Å²) in [7, 11) is 1.62. The van der Waals surface area contributed by atoms with Crippen molar-refractivity contribution in [3.05, 3.63) is 17.5 Å². The minimum absolute atomic E-state index is 0.291. The minimum atomic E-state index is 0.291. The molecule has 50 valence electrons. The molecule has 1 aromatic rings. The topological polar surface area (TPSA) is 58.7 Å². The number of hydrogen-bond donors (Lipinski definition) is 0. The molecule has 4 heteroatoms. The Morgan fingerprint density at radius 2 is 2.60 bits per heavy atom. The summed E-state index contributed by atoms with van der Waals surface area (Å²) in [5, 5.41) is 12.1. The molecule has 0 spiro atoms. The summed E-state index contributed by atoms with van der Waals surface area (Å²) in [6.07, 6.45) is 0.612. The first-order chi connectivity index (χ1) is 4.77. The van der Waals surface area contributed by atoms with Gasteiger partial charge in [0.25, 0.3) is 0 Å². The van der Waals surface area contributed by atoms with Gasteiger partial charge in [-0.3, -0.25) is 9.48 Å². The van der Waals surface area contributed by atoms with E-state index in [0.717, 1.165) is 0 Å². The molecule has 0 N–H and O–H groups in total. The number of nitrogens with zero attached hydrogens (tertiary/aromatic N) is 3. The van der Waals surface area contributed by atoms with E-state index < -0.39 is 0 Å². The Morgan fingerprint density at radius 1 is 1.90 bits per heavy atom. The van der Waals surface area contributed by atoms with Crippen molar-refractivity contribution in [3.8, 4) is 6.07 Å². The smallest absolute Gasteiger partial charge is 0.170 e. The molecule has 1 rings (SSSR count). The SMILES string of the molecule is Cn1nc(C=O)cc1C#N. The molecule has 0 aliphatic carbocycles. The lowest BCUT2D eigenvalue weighted by Gasteiger charge is -1.85. The van der Waals surface area contributed by atoms with Gasteiger partial charge in [0.05, 0.1) is 0 Å². The summed E-state index contributed by atoms with van der Waals surface area (Å²) in [6, 6.07) is 3.33. The number of aryl methyl sites for hydroxylation is 1. The zero-order valence-electron chi connectivity index (χ0n) is 5.40. The van der Waals surface area contributed by atoms with Crippen LogP contribution in [0.5, 0.6) is 0 Å². The van der Waals surface area contributed by atoms with Gasteiger partial charge in [-0.05, 0) is 0 Å². The number of nitriles is 1. The number of aldehydes is 1. The lowest BCUT2D eigenvalue weighted by Crippen LogP contribution is -1.93. The Hall–Kier alpha value is -1.63. The van der Waals surface area contributed by atoms with Gasteiger partial charge < -0.3 is 0 Å². The van der Waals surface area contributed by atoms with E-state index >= 15 is 0 Å². The molecular formula is C6H5N3O. The van der Waals surface area contributed by atoms with Crippen molar-refractivity contribution in [2.75, 3.05) is 0 Å². The number of rotatable bonds is 1. The average molecular weight is 135 g/mol. The van der Waals surface area contributed by atoms with E-state index in [1.807, 2.05) is 6.07 Å². The summed E-state index contributed by atoms with van der Waals surface area (Å²) in [6.45, 7) is 0. The third kappa shape index (κ3) is 0.890. The maximum Gasteiger partial charge on any atom is 0.170 e. The van der Waals surface area contributed by atoms with Crippen LogP contribution in [0.3, 0.4) is 0 Å². The van der Waals surface area contributed by atoms with Crippen molar-refractivity contribution in [1.29, 1.82) is 5.26 Å². The zero-order valence-corrected chi connectivity index (χ0v) is 5.40. The third-order valence-electron chi connectivity index (χ3n) is 1.13. The monoisotopic (exact) mass is 135 g/mol. The van der Waals surface area contributed by atoms with Gasteiger partial charge in [-0.25, -0.2) is 0 Å². The van der Waals surface area contributed by atoms with Crippen molar-refractivity contribution < 1.29 is 4.79 Å². The van der Waals surface area contributed by atoms with Crippen LogP contribution in [0.4, 0.5) is 0 Å². The molecule has 0 unspecified atom stereocenters. The van der Waals surface area contributed by atoms with Gasteiger partial charge >= 0.3 is 0 Å². The van der Waals surface area contributed by atoms with E-state index in [-0.39, 0.29) is 0 Å². The van der Waals surface area contributed by atoms with E-state index in [1.165, 1.54) is 10.7 Å². The molecule has 10 heavy (non-hydrogen) atoms. The first-order valence-electron chi connectivity index (χ1n) is 2.67. The predicted molar refractivity (Wildman–Crippen MR) is 33.3 cm³/mol. The molecule has 1 heterocycles. The zero-order chi connectivity index (χ0) is 7.56. The van der Waals surface area contributed by atoms with Crippen molar-refractivity contribution in [2.24, 2.45) is 7.05 Å². The Balaban J connectivity index is 3.19. The second kappa shape index (κ2) is 2.31. The highest BCUT2D eigenvalue weighted by atomic mass is 16.1. The standard InChI is InChI=1S/C6H5N3O/c1-9-6(3-7)2-5(4-10)8-9/h2,4H,1H3. The first-order valence-corrected chi connectivity index (χ1v) is 2.67. The summed E-state index contributed by atoms with van der Waals surface area (Å²) in [4.78, 5) is 10.1. The molecule has 4 nitrogen and oxygen atoms in total. The van der Waals surface area contributed by atoms with E-state index in [4.69, 9.17) is 5.26 Å². The van der Waals surface area contributed by atoms with Crippen LogP contribution in [-0.4, -0.2) is 16.1 Å². The van der Waals surface area contributed by atoms with Gasteiger partial charge in [-0.1, -0.05) is 0 Å². The molecule has 0 saturated heterocycles. The molecule has 0 bridgehead atoms. The second-order valence-corrected chi connectivity index (χ2v) is 1.81.